The second-order valence-electron chi connectivity index (χ2n) is 8.18. The molecule has 3 aromatic rings. The monoisotopic (exact) mass is 463 g/mol. The maximum atomic E-state index is 11.7. The number of nitrogens with zero attached hydrogens (tertiary/aromatic N) is 2. The van der Waals surface area contributed by atoms with Crippen molar-refractivity contribution < 1.29 is 18.7 Å². The molecule has 0 unspecified atom stereocenters. The second kappa shape index (κ2) is 9.33. The second-order valence-corrected chi connectivity index (χ2v) is 8.57. The number of benzene rings is 1. The first-order chi connectivity index (χ1) is 16.1. The fourth-order valence-corrected chi connectivity index (χ4v) is 4.79. The average molecular weight is 464 g/mol. The van der Waals surface area contributed by atoms with Crippen molar-refractivity contribution in [3.63, 3.8) is 0 Å². The minimum Gasteiger partial charge on any atom is -0.465 e. The van der Waals surface area contributed by atoms with Crippen LogP contribution in [-0.4, -0.2) is 47.3 Å². The first-order valence-electron chi connectivity index (χ1n) is 11.0. The molecule has 0 radical (unpaired) electrons. The van der Waals surface area contributed by atoms with Crippen LogP contribution < -0.4 is 5.32 Å². The van der Waals surface area contributed by atoms with Gasteiger partial charge in [-0.25, -0.2) is 4.79 Å². The van der Waals surface area contributed by atoms with Crippen LogP contribution in [0.1, 0.15) is 46.7 Å². The molecule has 33 heavy (non-hydrogen) atoms. The highest BCUT2D eigenvalue weighted by molar-refractivity contribution is 7.80. The summed E-state index contributed by atoms with van der Waals surface area (Å²) in [6, 6.07) is 16.7. The maximum Gasteiger partial charge on any atom is 0.337 e. The van der Waals surface area contributed by atoms with Gasteiger partial charge in [0.25, 0.3) is 0 Å². The SMILES string of the molecule is COC(=O)c1ccc(-c2ccc([C@@H]3[C@H](c4ccccn4)NC(=S)N3C[C@@H]3CCCO3)o2)cc1. The first kappa shape index (κ1) is 21.6. The fourth-order valence-electron chi connectivity index (χ4n) is 4.47. The molecule has 1 N–H and O–H groups in total. The predicted octanol–water partition coefficient (Wildman–Crippen LogP) is 4.28. The van der Waals surface area contributed by atoms with E-state index >= 15 is 0 Å². The molecule has 0 saturated carbocycles. The summed E-state index contributed by atoms with van der Waals surface area (Å²) in [4.78, 5) is 18.5. The van der Waals surface area contributed by atoms with E-state index < -0.39 is 0 Å². The van der Waals surface area contributed by atoms with Crippen molar-refractivity contribution in [1.29, 1.82) is 0 Å². The number of hydrogen-bond donors (Lipinski definition) is 1. The van der Waals surface area contributed by atoms with Crippen molar-refractivity contribution >= 4 is 23.3 Å². The molecule has 170 valence electrons. The highest BCUT2D eigenvalue weighted by atomic mass is 32.1. The number of thiocarbonyl (C=S) groups is 1. The average Bonchev–Trinajstić information content (AvgIpc) is 3.61. The van der Waals surface area contributed by atoms with Crippen molar-refractivity contribution in [3.8, 4) is 11.3 Å². The number of nitrogens with one attached hydrogen (secondary N) is 1. The largest absolute Gasteiger partial charge is 0.465 e. The zero-order valence-corrected chi connectivity index (χ0v) is 19.1. The molecular weight excluding hydrogens is 438 g/mol. The van der Waals surface area contributed by atoms with Gasteiger partial charge in [-0.3, -0.25) is 4.98 Å². The molecule has 2 aliphatic heterocycles. The Morgan fingerprint density at radius 2 is 2.06 bits per heavy atom. The Labute approximate surface area is 197 Å². The maximum absolute atomic E-state index is 11.7. The van der Waals surface area contributed by atoms with E-state index in [1.165, 1.54) is 7.11 Å². The van der Waals surface area contributed by atoms with E-state index in [-0.39, 0.29) is 24.2 Å². The number of ether oxygens (including phenoxy) is 2. The summed E-state index contributed by atoms with van der Waals surface area (Å²) < 4.78 is 17.0. The van der Waals surface area contributed by atoms with Gasteiger partial charge in [-0.2, -0.15) is 0 Å². The molecule has 2 aliphatic rings. The van der Waals surface area contributed by atoms with E-state index in [0.717, 1.165) is 42.2 Å². The highest BCUT2D eigenvalue weighted by Crippen LogP contribution is 2.41. The predicted molar refractivity (Wildman–Crippen MR) is 127 cm³/mol. The normalized spacial score (nSPS) is 22.4. The third kappa shape index (κ3) is 4.36. The van der Waals surface area contributed by atoms with Crippen molar-refractivity contribution in [2.45, 2.75) is 31.0 Å². The number of pyridine rings is 1. The minimum atomic E-state index is -0.366. The zero-order chi connectivity index (χ0) is 22.8. The standard InChI is InChI=1S/C25H25N3O4S/c1-30-24(29)17-9-7-16(8-10-17)20-11-12-21(32-20)23-22(19-6-2-3-13-26-19)27-25(33)28(23)15-18-5-4-14-31-18/h2-3,6-13,18,22-23H,4-5,14-15H2,1H3,(H,27,33)/t18-,22-,23+/m0/s1. The van der Waals surface area contributed by atoms with Crippen LogP contribution in [0.4, 0.5) is 0 Å². The summed E-state index contributed by atoms with van der Waals surface area (Å²) in [5.74, 6) is 1.15. The Morgan fingerprint density at radius 3 is 2.76 bits per heavy atom. The van der Waals surface area contributed by atoms with Crippen LogP contribution >= 0.6 is 12.2 Å². The Hall–Kier alpha value is -3.23. The van der Waals surface area contributed by atoms with Gasteiger partial charge in [0.1, 0.15) is 17.6 Å². The molecule has 8 heteroatoms. The quantitative estimate of drug-likeness (QED) is 0.429. The Bertz CT molecular complexity index is 1130. The lowest BCUT2D eigenvalue weighted by atomic mass is 10.0. The van der Waals surface area contributed by atoms with Crippen LogP contribution in [0.3, 0.4) is 0 Å². The lowest BCUT2D eigenvalue weighted by Gasteiger charge is -2.28. The highest BCUT2D eigenvalue weighted by Gasteiger charge is 2.42. The summed E-state index contributed by atoms with van der Waals surface area (Å²) in [7, 11) is 1.37. The summed E-state index contributed by atoms with van der Waals surface area (Å²) in [6.45, 7) is 1.49. The van der Waals surface area contributed by atoms with Crippen LogP contribution in [0.25, 0.3) is 11.3 Å². The lowest BCUT2D eigenvalue weighted by Crippen LogP contribution is -2.36. The van der Waals surface area contributed by atoms with E-state index in [9.17, 15) is 4.79 Å². The van der Waals surface area contributed by atoms with Gasteiger partial charge in [0, 0.05) is 24.9 Å². The van der Waals surface area contributed by atoms with Crippen LogP contribution in [0.2, 0.25) is 0 Å². The van der Waals surface area contributed by atoms with Gasteiger partial charge >= 0.3 is 5.97 Å². The topological polar surface area (TPSA) is 76.8 Å². The number of furan rings is 1. The van der Waals surface area contributed by atoms with Crippen LogP contribution in [0.5, 0.6) is 0 Å². The molecule has 1 aromatic carbocycles. The summed E-state index contributed by atoms with van der Waals surface area (Å²) >= 11 is 5.73. The van der Waals surface area contributed by atoms with Gasteiger partial charge in [0.2, 0.25) is 0 Å². The fraction of sp³-hybridized carbons (Fsp3) is 0.320. The van der Waals surface area contributed by atoms with Crippen molar-refractivity contribution in [1.82, 2.24) is 15.2 Å². The van der Waals surface area contributed by atoms with Crippen LogP contribution in [0.15, 0.2) is 65.2 Å². The smallest absolute Gasteiger partial charge is 0.337 e. The molecule has 3 atom stereocenters. The van der Waals surface area contributed by atoms with Crippen LogP contribution in [0, 0.1) is 0 Å². The minimum absolute atomic E-state index is 0.138. The zero-order valence-electron chi connectivity index (χ0n) is 18.3. The Balaban J connectivity index is 1.46. The molecule has 2 fully saturated rings. The number of carbonyl (C=O) groups excluding carboxylic acids is 1. The molecule has 7 nitrogen and oxygen atoms in total. The van der Waals surface area contributed by atoms with Crippen molar-refractivity contribution in [2.75, 3.05) is 20.3 Å². The number of rotatable bonds is 6. The molecule has 0 spiro atoms. The van der Waals surface area contributed by atoms with Crippen molar-refractivity contribution in [2.24, 2.45) is 0 Å². The van der Waals surface area contributed by atoms with E-state index in [0.29, 0.717) is 17.2 Å². The van der Waals surface area contributed by atoms with Crippen molar-refractivity contribution in [3.05, 3.63) is 77.8 Å². The third-order valence-electron chi connectivity index (χ3n) is 6.13. The number of carbonyl (C=O) groups is 1. The lowest BCUT2D eigenvalue weighted by molar-refractivity contribution is 0.0600. The molecule has 0 amide bonds. The van der Waals surface area contributed by atoms with E-state index in [2.05, 4.69) is 15.2 Å². The third-order valence-corrected chi connectivity index (χ3v) is 6.48. The van der Waals surface area contributed by atoms with Gasteiger partial charge in [-0.15, -0.1) is 0 Å². The summed E-state index contributed by atoms with van der Waals surface area (Å²) in [5.41, 5.74) is 2.28. The van der Waals surface area contributed by atoms with Gasteiger partial charge in [0.15, 0.2) is 5.11 Å². The van der Waals surface area contributed by atoms with E-state index in [1.807, 2.05) is 42.5 Å². The number of esters is 1. The summed E-state index contributed by atoms with van der Waals surface area (Å²) in [5, 5.41) is 4.12. The van der Waals surface area contributed by atoms with E-state index in [4.69, 9.17) is 26.1 Å². The number of methoxy groups -OCH3 is 1. The van der Waals surface area contributed by atoms with Gasteiger partial charge in [0.05, 0.1) is 30.5 Å². The number of hydrogen-bond acceptors (Lipinski definition) is 6. The Morgan fingerprint density at radius 1 is 1.21 bits per heavy atom. The first-order valence-corrected chi connectivity index (χ1v) is 11.4. The van der Waals surface area contributed by atoms with Gasteiger partial charge in [-0.1, -0.05) is 18.2 Å². The molecular formula is C25H25N3O4S. The Kier molecular flexibility index (Phi) is 6.11. The molecule has 2 aromatic heterocycles. The molecule has 2 saturated heterocycles. The van der Waals surface area contributed by atoms with Crippen LogP contribution in [-0.2, 0) is 9.47 Å². The molecule has 5 rings (SSSR count). The van der Waals surface area contributed by atoms with E-state index in [1.54, 1.807) is 18.3 Å². The molecule has 0 bridgehead atoms. The summed E-state index contributed by atoms with van der Waals surface area (Å²) in [6.07, 6.45) is 4.03. The van der Waals surface area contributed by atoms with Gasteiger partial charge in [-0.05, 0) is 61.5 Å². The molecule has 4 heterocycles. The number of aromatic nitrogens is 1. The van der Waals surface area contributed by atoms with Gasteiger partial charge < -0.3 is 24.1 Å². The molecule has 0 aliphatic carbocycles.